The Morgan fingerprint density at radius 2 is 1.87 bits per heavy atom. The third-order valence-corrected chi connectivity index (χ3v) is 7.28. The molecule has 0 fully saturated rings. The Morgan fingerprint density at radius 3 is 2.57 bits per heavy atom. The molecule has 2 aromatic carbocycles. The number of amides is 1. The number of anilines is 1. The van der Waals surface area contributed by atoms with Gasteiger partial charge in [0.2, 0.25) is 5.91 Å². The highest BCUT2D eigenvalue weighted by atomic mass is 32.2. The summed E-state index contributed by atoms with van der Waals surface area (Å²) in [5.74, 6) is 1.49. The highest BCUT2D eigenvalue weighted by molar-refractivity contribution is 7.91. The summed E-state index contributed by atoms with van der Waals surface area (Å²) in [7, 11) is -1.94. The fourth-order valence-corrected chi connectivity index (χ4v) is 5.23. The van der Waals surface area contributed by atoms with Gasteiger partial charge in [-0.1, -0.05) is 11.3 Å². The van der Waals surface area contributed by atoms with Gasteiger partial charge in [-0.3, -0.25) is 4.79 Å². The lowest BCUT2D eigenvalue weighted by atomic mass is 10.3. The molecule has 4 rings (SSSR count). The largest absolute Gasteiger partial charge is 0.497 e. The summed E-state index contributed by atoms with van der Waals surface area (Å²) in [4.78, 5) is 16.9. The average molecular weight is 449 g/mol. The van der Waals surface area contributed by atoms with Crippen molar-refractivity contribution in [3.8, 4) is 17.2 Å². The number of methoxy groups -OCH3 is 1. The molecule has 1 N–H and O–H groups in total. The average Bonchev–Trinajstić information content (AvgIpc) is 3.12. The van der Waals surface area contributed by atoms with Gasteiger partial charge < -0.3 is 19.5 Å². The first kappa shape index (κ1) is 20.4. The molecule has 0 aliphatic carbocycles. The van der Waals surface area contributed by atoms with Crippen LogP contribution in [0.3, 0.4) is 0 Å². The van der Waals surface area contributed by atoms with E-state index in [1.165, 1.54) is 30.6 Å². The highest BCUT2D eigenvalue weighted by Gasteiger charge is 2.17. The molecule has 0 atom stereocenters. The second-order valence-electron chi connectivity index (χ2n) is 6.63. The topological polar surface area (TPSA) is 104 Å². The van der Waals surface area contributed by atoms with E-state index in [0.717, 1.165) is 4.70 Å². The number of nitrogens with one attached hydrogen (secondary N) is 1. The Morgan fingerprint density at radius 1 is 1.17 bits per heavy atom. The summed E-state index contributed by atoms with van der Waals surface area (Å²) >= 11 is 1.33. The van der Waals surface area contributed by atoms with Gasteiger partial charge in [-0.2, -0.15) is 0 Å². The zero-order chi connectivity index (χ0) is 21.1. The van der Waals surface area contributed by atoms with E-state index in [1.54, 1.807) is 18.2 Å². The Labute approximate surface area is 177 Å². The summed E-state index contributed by atoms with van der Waals surface area (Å²) in [5, 5.41) is 3.19. The Hall–Kier alpha value is -2.85. The number of ether oxygens (including phenoxy) is 3. The minimum atomic E-state index is -3.46. The number of benzene rings is 2. The predicted molar refractivity (Wildman–Crippen MR) is 114 cm³/mol. The standard InChI is InChI=1S/C20H20N2O6S2/c1-26-13-4-6-14(7-5-13)30(24,25)10-2-3-19(23)22-20-21-15-11-16-17(12-18(15)29-20)28-9-8-27-16/h4-7,11-12H,2-3,8-10H2,1H3,(H,21,22,23). The predicted octanol–water partition coefficient (Wildman–Crippen LogP) is 3.27. The summed E-state index contributed by atoms with van der Waals surface area (Å²) < 4.78 is 41.8. The quantitative estimate of drug-likeness (QED) is 0.592. The molecule has 30 heavy (non-hydrogen) atoms. The molecule has 8 nitrogen and oxygen atoms in total. The molecule has 0 spiro atoms. The molecule has 0 radical (unpaired) electrons. The van der Waals surface area contributed by atoms with E-state index in [-0.39, 0.29) is 29.4 Å². The molecule has 1 aromatic heterocycles. The number of fused-ring (bicyclic) bond motifs is 2. The first-order valence-electron chi connectivity index (χ1n) is 9.31. The first-order valence-corrected chi connectivity index (χ1v) is 11.8. The van der Waals surface area contributed by atoms with Crippen molar-refractivity contribution in [2.75, 3.05) is 31.4 Å². The molecule has 0 saturated carbocycles. The van der Waals surface area contributed by atoms with E-state index < -0.39 is 9.84 Å². The van der Waals surface area contributed by atoms with Crippen molar-refractivity contribution < 1.29 is 27.4 Å². The van der Waals surface area contributed by atoms with Crippen LogP contribution in [0.4, 0.5) is 5.13 Å². The van der Waals surface area contributed by atoms with Gasteiger partial charge >= 0.3 is 0 Å². The minimum absolute atomic E-state index is 0.0774. The molecule has 0 saturated heterocycles. The minimum Gasteiger partial charge on any atom is -0.497 e. The summed E-state index contributed by atoms with van der Waals surface area (Å²) in [6.07, 6.45) is 0.287. The fourth-order valence-electron chi connectivity index (χ4n) is 3.02. The Balaban J connectivity index is 1.34. The van der Waals surface area contributed by atoms with Gasteiger partial charge in [-0.15, -0.1) is 0 Å². The van der Waals surface area contributed by atoms with Crippen LogP contribution >= 0.6 is 11.3 Å². The van der Waals surface area contributed by atoms with Crippen LogP contribution in [0.1, 0.15) is 12.8 Å². The second kappa shape index (κ2) is 8.49. The Kier molecular flexibility index (Phi) is 5.78. The van der Waals surface area contributed by atoms with E-state index in [0.29, 0.717) is 41.1 Å². The summed E-state index contributed by atoms with van der Waals surface area (Å²) in [6, 6.07) is 9.84. The van der Waals surface area contributed by atoms with Crippen LogP contribution in [0.15, 0.2) is 41.3 Å². The van der Waals surface area contributed by atoms with Crippen molar-refractivity contribution >= 4 is 42.4 Å². The molecule has 158 valence electrons. The van der Waals surface area contributed by atoms with Crippen LogP contribution < -0.4 is 19.5 Å². The van der Waals surface area contributed by atoms with E-state index in [9.17, 15) is 13.2 Å². The summed E-state index contributed by atoms with van der Waals surface area (Å²) in [5.41, 5.74) is 0.710. The van der Waals surface area contributed by atoms with Gasteiger partial charge in [-0.05, 0) is 30.7 Å². The third-order valence-electron chi connectivity index (χ3n) is 4.53. The Bertz CT molecular complexity index is 1130. The van der Waals surface area contributed by atoms with Gasteiger partial charge in [-0.25, -0.2) is 13.4 Å². The third kappa shape index (κ3) is 4.49. The van der Waals surface area contributed by atoms with Gasteiger partial charge in [0.25, 0.3) is 0 Å². The molecule has 0 unspecified atom stereocenters. The number of carbonyl (C=O) groups is 1. The molecular formula is C20H20N2O6S2. The lowest BCUT2D eigenvalue weighted by molar-refractivity contribution is -0.116. The van der Waals surface area contributed by atoms with Gasteiger partial charge in [0, 0.05) is 18.6 Å². The van der Waals surface area contributed by atoms with Crippen molar-refractivity contribution in [1.29, 1.82) is 0 Å². The maximum Gasteiger partial charge on any atom is 0.226 e. The second-order valence-corrected chi connectivity index (χ2v) is 9.77. The monoisotopic (exact) mass is 448 g/mol. The van der Waals surface area contributed by atoms with E-state index >= 15 is 0 Å². The van der Waals surface area contributed by atoms with Crippen molar-refractivity contribution in [2.24, 2.45) is 0 Å². The van der Waals surface area contributed by atoms with Crippen LogP contribution in [0.2, 0.25) is 0 Å². The van der Waals surface area contributed by atoms with Crippen LogP contribution in [0, 0.1) is 0 Å². The van der Waals surface area contributed by atoms with Crippen LogP contribution in [-0.2, 0) is 14.6 Å². The van der Waals surface area contributed by atoms with E-state index in [2.05, 4.69) is 10.3 Å². The smallest absolute Gasteiger partial charge is 0.226 e. The molecule has 3 aromatic rings. The summed E-state index contributed by atoms with van der Waals surface area (Å²) in [6.45, 7) is 0.992. The zero-order valence-electron chi connectivity index (χ0n) is 16.2. The number of hydrogen-bond acceptors (Lipinski definition) is 8. The number of sulfone groups is 1. The van der Waals surface area contributed by atoms with E-state index in [4.69, 9.17) is 14.2 Å². The lowest BCUT2D eigenvalue weighted by Crippen LogP contribution is -2.15. The van der Waals surface area contributed by atoms with Gasteiger partial charge in [0.1, 0.15) is 19.0 Å². The SMILES string of the molecule is COc1ccc(S(=O)(=O)CCCC(=O)Nc2nc3cc4c(cc3s2)OCCO4)cc1. The zero-order valence-corrected chi connectivity index (χ0v) is 17.8. The van der Waals surface area contributed by atoms with Crippen LogP contribution in [0.5, 0.6) is 17.2 Å². The lowest BCUT2D eigenvalue weighted by Gasteiger charge is -2.17. The molecule has 1 aliphatic rings. The van der Waals surface area contributed by atoms with Crippen molar-refractivity contribution in [3.63, 3.8) is 0 Å². The molecule has 2 heterocycles. The maximum absolute atomic E-state index is 12.4. The maximum atomic E-state index is 12.4. The number of aromatic nitrogens is 1. The van der Waals surface area contributed by atoms with Crippen LogP contribution in [-0.4, -0.2) is 45.4 Å². The molecule has 1 amide bonds. The number of hydrogen-bond donors (Lipinski definition) is 1. The molecule has 0 bridgehead atoms. The first-order chi connectivity index (χ1) is 14.4. The fraction of sp³-hybridized carbons (Fsp3) is 0.300. The number of carbonyl (C=O) groups excluding carboxylic acids is 1. The molecular weight excluding hydrogens is 428 g/mol. The van der Waals surface area contributed by atoms with E-state index in [1.807, 2.05) is 6.07 Å². The van der Waals surface area contributed by atoms with Crippen molar-refractivity contribution in [3.05, 3.63) is 36.4 Å². The molecule has 10 heteroatoms. The van der Waals surface area contributed by atoms with Gasteiger partial charge in [0.15, 0.2) is 26.5 Å². The number of rotatable bonds is 7. The van der Waals surface area contributed by atoms with Gasteiger partial charge in [0.05, 0.1) is 28.0 Å². The highest BCUT2D eigenvalue weighted by Crippen LogP contribution is 2.37. The normalized spacial score (nSPS) is 13.2. The number of nitrogens with zero attached hydrogens (tertiary/aromatic N) is 1. The number of thiazole rings is 1. The van der Waals surface area contributed by atoms with Crippen molar-refractivity contribution in [2.45, 2.75) is 17.7 Å². The van der Waals surface area contributed by atoms with Crippen molar-refractivity contribution in [1.82, 2.24) is 4.98 Å². The van der Waals surface area contributed by atoms with Crippen LogP contribution in [0.25, 0.3) is 10.2 Å². The molecule has 1 aliphatic heterocycles.